The molecule has 1 saturated carbocycles. The van der Waals surface area contributed by atoms with Crippen LogP contribution in [0.25, 0.3) is 0 Å². The molecular weight excluding hydrogens is 329 g/mol. The second-order valence-corrected chi connectivity index (χ2v) is 6.74. The van der Waals surface area contributed by atoms with Gasteiger partial charge in [-0.25, -0.2) is 4.39 Å². The summed E-state index contributed by atoms with van der Waals surface area (Å²) in [6, 6.07) is 16.3. The molecule has 0 aliphatic heterocycles. The highest BCUT2D eigenvalue weighted by molar-refractivity contribution is 9.10. The highest BCUT2D eigenvalue weighted by Crippen LogP contribution is 2.38. The van der Waals surface area contributed by atoms with Crippen LogP contribution < -0.4 is 5.32 Å². The van der Waals surface area contributed by atoms with Crippen LogP contribution in [0.3, 0.4) is 0 Å². The SMILES string of the molecule is C[C@@H](NC1CC(c2ccccc2F)C1)c1ccc(Br)cc1. The standard InChI is InChI=1S/C18H19BrFN/c1-12(13-6-8-15(19)9-7-13)21-16-10-14(11-16)17-4-2-3-5-18(17)20/h2-9,12,14,16,21H,10-11H2,1H3/t12-,14?,16?/m1/s1. The van der Waals surface area contributed by atoms with Gasteiger partial charge in [-0.2, -0.15) is 0 Å². The van der Waals surface area contributed by atoms with E-state index in [2.05, 4.69) is 52.4 Å². The Labute approximate surface area is 133 Å². The summed E-state index contributed by atoms with van der Waals surface area (Å²) in [5.41, 5.74) is 2.15. The second-order valence-electron chi connectivity index (χ2n) is 5.83. The predicted molar refractivity (Wildman–Crippen MR) is 87.9 cm³/mol. The molecular formula is C18H19BrFN. The number of halogens is 2. The summed E-state index contributed by atoms with van der Waals surface area (Å²) in [7, 11) is 0. The molecule has 1 aliphatic carbocycles. The van der Waals surface area contributed by atoms with Gasteiger partial charge in [0.15, 0.2) is 0 Å². The zero-order valence-corrected chi connectivity index (χ0v) is 13.6. The van der Waals surface area contributed by atoms with E-state index >= 15 is 0 Å². The minimum absolute atomic E-state index is 0.0677. The normalized spacial score (nSPS) is 22.6. The molecule has 0 heterocycles. The third-order valence-electron chi connectivity index (χ3n) is 4.34. The Hall–Kier alpha value is -1.19. The Morgan fingerprint density at radius 3 is 2.43 bits per heavy atom. The first-order chi connectivity index (χ1) is 10.1. The molecule has 1 nitrogen and oxygen atoms in total. The maximum atomic E-state index is 13.7. The lowest BCUT2D eigenvalue weighted by Gasteiger charge is -2.38. The van der Waals surface area contributed by atoms with Gasteiger partial charge >= 0.3 is 0 Å². The minimum atomic E-state index is -0.0677. The molecule has 1 atom stereocenters. The van der Waals surface area contributed by atoms with Crippen molar-refractivity contribution in [1.82, 2.24) is 5.32 Å². The van der Waals surface area contributed by atoms with Gasteiger partial charge in [0.05, 0.1) is 0 Å². The van der Waals surface area contributed by atoms with E-state index in [4.69, 9.17) is 0 Å². The van der Waals surface area contributed by atoms with Gasteiger partial charge in [-0.1, -0.05) is 46.3 Å². The van der Waals surface area contributed by atoms with Gasteiger partial charge in [0.25, 0.3) is 0 Å². The molecule has 3 rings (SSSR count). The molecule has 0 spiro atoms. The molecule has 1 N–H and O–H groups in total. The second kappa shape index (κ2) is 6.29. The number of hydrogen-bond acceptors (Lipinski definition) is 1. The van der Waals surface area contributed by atoms with Crippen LogP contribution in [0.5, 0.6) is 0 Å². The smallest absolute Gasteiger partial charge is 0.126 e. The lowest BCUT2D eigenvalue weighted by Crippen LogP contribution is -2.41. The largest absolute Gasteiger partial charge is 0.307 e. The summed E-state index contributed by atoms with van der Waals surface area (Å²) >= 11 is 3.45. The fourth-order valence-electron chi connectivity index (χ4n) is 3.02. The quantitative estimate of drug-likeness (QED) is 0.802. The van der Waals surface area contributed by atoms with E-state index in [0.29, 0.717) is 18.0 Å². The highest BCUT2D eigenvalue weighted by atomic mass is 79.9. The van der Waals surface area contributed by atoms with Gasteiger partial charge in [-0.05, 0) is 55.0 Å². The first kappa shape index (κ1) is 14.7. The molecule has 110 valence electrons. The van der Waals surface area contributed by atoms with Gasteiger partial charge in [0.2, 0.25) is 0 Å². The Morgan fingerprint density at radius 1 is 1.10 bits per heavy atom. The van der Waals surface area contributed by atoms with Crippen molar-refractivity contribution in [2.75, 3.05) is 0 Å². The van der Waals surface area contributed by atoms with Crippen molar-refractivity contribution in [3.63, 3.8) is 0 Å². The van der Waals surface area contributed by atoms with Crippen LogP contribution in [0.4, 0.5) is 4.39 Å². The summed E-state index contributed by atoms with van der Waals surface area (Å²) in [6.07, 6.45) is 2.03. The van der Waals surface area contributed by atoms with Gasteiger partial charge < -0.3 is 5.32 Å². The van der Waals surface area contributed by atoms with E-state index in [-0.39, 0.29) is 5.82 Å². The van der Waals surface area contributed by atoms with E-state index in [1.165, 1.54) is 5.56 Å². The maximum absolute atomic E-state index is 13.7. The average Bonchev–Trinajstić information content (AvgIpc) is 2.44. The van der Waals surface area contributed by atoms with Crippen LogP contribution in [-0.4, -0.2) is 6.04 Å². The number of nitrogens with one attached hydrogen (secondary N) is 1. The summed E-state index contributed by atoms with van der Waals surface area (Å²) in [4.78, 5) is 0. The molecule has 1 fully saturated rings. The molecule has 0 radical (unpaired) electrons. The Kier molecular flexibility index (Phi) is 4.41. The predicted octanol–water partition coefficient (Wildman–Crippen LogP) is 5.19. The minimum Gasteiger partial charge on any atom is -0.307 e. The zero-order chi connectivity index (χ0) is 14.8. The van der Waals surface area contributed by atoms with Crippen molar-refractivity contribution in [2.24, 2.45) is 0 Å². The van der Waals surface area contributed by atoms with Crippen molar-refractivity contribution in [2.45, 2.75) is 37.8 Å². The summed E-state index contributed by atoms with van der Waals surface area (Å²) in [6.45, 7) is 2.18. The van der Waals surface area contributed by atoms with Crippen LogP contribution in [-0.2, 0) is 0 Å². The van der Waals surface area contributed by atoms with E-state index in [1.54, 1.807) is 12.1 Å². The number of benzene rings is 2. The topological polar surface area (TPSA) is 12.0 Å². The third kappa shape index (κ3) is 3.35. The van der Waals surface area contributed by atoms with Crippen molar-refractivity contribution in [3.8, 4) is 0 Å². The molecule has 3 heteroatoms. The summed E-state index contributed by atoms with van der Waals surface area (Å²) < 4.78 is 14.8. The lowest BCUT2D eigenvalue weighted by atomic mass is 9.75. The molecule has 2 aromatic carbocycles. The number of rotatable bonds is 4. The van der Waals surface area contributed by atoms with E-state index < -0.39 is 0 Å². The molecule has 21 heavy (non-hydrogen) atoms. The third-order valence-corrected chi connectivity index (χ3v) is 4.87. The van der Waals surface area contributed by atoms with E-state index in [0.717, 1.165) is 22.9 Å². The first-order valence-electron chi connectivity index (χ1n) is 7.39. The van der Waals surface area contributed by atoms with Crippen LogP contribution in [0.15, 0.2) is 53.0 Å². The molecule has 2 aromatic rings. The number of hydrogen-bond donors (Lipinski definition) is 1. The van der Waals surface area contributed by atoms with Crippen molar-refractivity contribution in [3.05, 3.63) is 69.9 Å². The molecule has 1 aliphatic rings. The molecule has 0 aromatic heterocycles. The molecule has 0 amide bonds. The molecule has 0 unspecified atom stereocenters. The van der Waals surface area contributed by atoms with E-state index in [9.17, 15) is 4.39 Å². The summed E-state index contributed by atoms with van der Waals surface area (Å²) in [5.74, 6) is 0.294. The maximum Gasteiger partial charge on any atom is 0.126 e. The van der Waals surface area contributed by atoms with E-state index in [1.807, 2.05) is 12.1 Å². The van der Waals surface area contributed by atoms with Crippen molar-refractivity contribution >= 4 is 15.9 Å². The van der Waals surface area contributed by atoms with Crippen LogP contribution in [0, 0.1) is 5.82 Å². The highest BCUT2D eigenvalue weighted by Gasteiger charge is 2.32. The van der Waals surface area contributed by atoms with Crippen molar-refractivity contribution < 1.29 is 4.39 Å². The molecule has 0 saturated heterocycles. The lowest BCUT2D eigenvalue weighted by molar-refractivity contribution is 0.266. The Bertz CT molecular complexity index is 605. The monoisotopic (exact) mass is 347 g/mol. The van der Waals surface area contributed by atoms with Crippen LogP contribution in [0.2, 0.25) is 0 Å². The van der Waals surface area contributed by atoms with Crippen LogP contribution >= 0.6 is 15.9 Å². The average molecular weight is 348 g/mol. The zero-order valence-electron chi connectivity index (χ0n) is 12.0. The Balaban J connectivity index is 1.55. The molecule has 0 bridgehead atoms. The van der Waals surface area contributed by atoms with Gasteiger partial charge in [0.1, 0.15) is 5.82 Å². The fraction of sp³-hybridized carbons (Fsp3) is 0.333. The first-order valence-corrected chi connectivity index (χ1v) is 8.18. The Morgan fingerprint density at radius 2 is 1.76 bits per heavy atom. The van der Waals surface area contributed by atoms with Crippen molar-refractivity contribution in [1.29, 1.82) is 0 Å². The van der Waals surface area contributed by atoms with Gasteiger partial charge in [0, 0.05) is 16.6 Å². The summed E-state index contributed by atoms with van der Waals surface area (Å²) in [5, 5.41) is 3.63. The fourth-order valence-corrected chi connectivity index (χ4v) is 3.28. The van der Waals surface area contributed by atoms with Gasteiger partial charge in [-0.3, -0.25) is 0 Å². The van der Waals surface area contributed by atoms with Gasteiger partial charge in [-0.15, -0.1) is 0 Å². The van der Waals surface area contributed by atoms with Crippen LogP contribution in [0.1, 0.15) is 42.9 Å².